The first kappa shape index (κ1) is 32.8. The number of esters is 1. The third-order valence-corrected chi connectivity index (χ3v) is 5.58. The number of Topliss-reactive ketones (excluding diaryl/α,β-unsaturated/α-hetero) is 1. The minimum Gasteiger partial charge on any atom is -0.465 e. The van der Waals surface area contributed by atoms with E-state index in [9.17, 15) is 14.4 Å². The average Bonchev–Trinajstić information content (AvgIpc) is 2.79. The Balaban J connectivity index is 3.67. The van der Waals surface area contributed by atoms with E-state index in [-0.39, 0.29) is 30.7 Å². The maximum absolute atomic E-state index is 12.0. The lowest BCUT2D eigenvalue weighted by Gasteiger charge is -2.23. The summed E-state index contributed by atoms with van der Waals surface area (Å²) in [6.07, 6.45) is 26.8. The Morgan fingerprint density at radius 1 is 0.771 bits per heavy atom. The first-order chi connectivity index (χ1) is 16.8. The van der Waals surface area contributed by atoms with Crippen molar-refractivity contribution < 1.29 is 19.1 Å². The van der Waals surface area contributed by atoms with Gasteiger partial charge in [-0.05, 0) is 51.9 Å². The molecule has 0 saturated carbocycles. The maximum atomic E-state index is 12.0. The first-order valence-corrected chi connectivity index (χ1v) is 13.6. The Morgan fingerprint density at radius 2 is 1.34 bits per heavy atom. The third kappa shape index (κ3) is 24.7. The molecule has 1 amide bonds. The lowest BCUT2D eigenvalue weighted by Crippen LogP contribution is -2.33. The lowest BCUT2D eigenvalue weighted by molar-refractivity contribution is -0.148. The number of allylic oxidation sites excluding steroid dienone is 6. The fourth-order valence-electron chi connectivity index (χ4n) is 3.45. The SMILES string of the molecule is CCCCC/C=C\C/C=C\C/C=C\CCCCCCC(=O)OCC(C)(C)CC(=O)NCCC(C)=O. The molecular weight excluding hydrogens is 438 g/mol. The zero-order valence-electron chi connectivity index (χ0n) is 22.9. The van der Waals surface area contributed by atoms with Gasteiger partial charge in [0.25, 0.3) is 0 Å². The number of amides is 1. The van der Waals surface area contributed by atoms with Crippen LogP contribution in [0.25, 0.3) is 0 Å². The first-order valence-electron chi connectivity index (χ1n) is 13.6. The number of hydrogen-bond acceptors (Lipinski definition) is 4. The number of carbonyl (C=O) groups excluding carboxylic acids is 3. The van der Waals surface area contributed by atoms with Gasteiger partial charge in [-0.25, -0.2) is 0 Å². The number of ether oxygens (including phenoxy) is 1. The Labute approximate surface area is 214 Å². The van der Waals surface area contributed by atoms with Gasteiger partial charge in [-0.3, -0.25) is 14.4 Å². The van der Waals surface area contributed by atoms with Gasteiger partial charge in [0.05, 0.1) is 6.61 Å². The van der Waals surface area contributed by atoms with Gasteiger partial charge in [0.2, 0.25) is 5.91 Å². The van der Waals surface area contributed by atoms with Crippen LogP contribution in [0.3, 0.4) is 0 Å². The average molecular weight is 490 g/mol. The number of hydrogen-bond donors (Lipinski definition) is 1. The van der Waals surface area contributed by atoms with E-state index in [4.69, 9.17) is 4.74 Å². The molecule has 0 bridgehead atoms. The molecule has 0 heterocycles. The number of nitrogens with one attached hydrogen (secondary N) is 1. The summed E-state index contributed by atoms with van der Waals surface area (Å²) in [6.45, 7) is 8.12. The minimum absolute atomic E-state index is 0.0507. The number of carbonyl (C=O) groups is 3. The van der Waals surface area contributed by atoms with Gasteiger partial charge in [0.1, 0.15) is 5.78 Å². The van der Waals surface area contributed by atoms with Crippen LogP contribution in [-0.2, 0) is 19.1 Å². The van der Waals surface area contributed by atoms with Crippen LogP contribution in [0.1, 0.15) is 118 Å². The van der Waals surface area contributed by atoms with Crippen LogP contribution in [0.4, 0.5) is 0 Å². The van der Waals surface area contributed by atoms with E-state index in [0.29, 0.717) is 19.4 Å². The summed E-state index contributed by atoms with van der Waals surface area (Å²) in [5.74, 6) is -0.269. The smallest absolute Gasteiger partial charge is 0.305 e. The summed E-state index contributed by atoms with van der Waals surface area (Å²) in [4.78, 5) is 34.9. The van der Waals surface area contributed by atoms with Gasteiger partial charge < -0.3 is 10.1 Å². The Hall–Kier alpha value is -2.17. The van der Waals surface area contributed by atoms with E-state index < -0.39 is 5.41 Å². The van der Waals surface area contributed by atoms with Gasteiger partial charge >= 0.3 is 5.97 Å². The Bertz CT molecular complexity index is 661. The van der Waals surface area contributed by atoms with Crippen molar-refractivity contribution in [3.63, 3.8) is 0 Å². The van der Waals surface area contributed by atoms with E-state index in [2.05, 4.69) is 48.7 Å². The molecule has 0 aromatic rings. The largest absolute Gasteiger partial charge is 0.465 e. The van der Waals surface area contributed by atoms with E-state index in [1.807, 2.05) is 13.8 Å². The predicted octanol–water partition coefficient (Wildman–Crippen LogP) is 7.41. The quantitative estimate of drug-likeness (QED) is 0.0976. The number of unbranched alkanes of at least 4 members (excludes halogenated alkanes) is 7. The fraction of sp³-hybridized carbons (Fsp3) is 0.700. The van der Waals surface area contributed by atoms with Crippen molar-refractivity contribution in [2.45, 2.75) is 118 Å². The van der Waals surface area contributed by atoms with Gasteiger partial charge in [-0.15, -0.1) is 0 Å². The summed E-state index contributed by atoms with van der Waals surface area (Å²) < 4.78 is 5.38. The Kier molecular flexibility index (Phi) is 20.9. The van der Waals surface area contributed by atoms with Gasteiger partial charge in [-0.2, -0.15) is 0 Å². The molecule has 0 aromatic heterocycles. The predicted molar refractivity (Wildman–Crippen MR) is 146 cm³/mol. The van der Waals surface area contributed by atoms with Crippen molar-refractivity contribution in [3.8, 4) is 0 Å². The maximum Gasteiger partial charge on any atom is 0.305 e. The normalized spacial score (nSPS) is 12.1. The topological polar surface area (TPSA) is 72.5 Å². The molecule has 0 aromatic carbocycles. The summed E-state index contributed by atoms with van der Waals surface area (Å²) in [5.41, 5.74) is -0.428. The van der Waals surface area contributed by atoms with Crippen LogP contribution in [0.5, 0.6) is 0 Å². The van der Waals surface area contributed by atoms with E-state index in [1.54, 1.807) is 0 Å². The van der Waals surface area contributed by atoms with E-state index >= 15 is 0 Å². The molecule has 5 heteroatoms. The molecule has 0 aliphatic heterocycles. The molecule has 5 nitrogen and oxygen atoms in total. The molecule has 0 aliphatic rings. The molecule has 0 spiro atoms. The van der Waals surface area contributed by atoms with Crippen molar-refractivity contribution in [2.24, 2.45) is 5.41 Å². The number of rotatable bonds is 22. The summed E-state index contributed by atoms with van der Waals surface area (Å²) >= 11 is 0. The van der Waals surface area contributed by atoms with Crippen molar-refractivity contribution in [2.75, 3.05) is 13.2 Å². The monoisotopic (exact) mass is 489 g/mol. The van der Waals surface area contributed by atoms with Crippen LogP contribution in [-0.4, -0.2) is 30.8 Å². The molecule has 0 unspecified atom stereocenters. The van der Waals surface area contributed by atoms with Gasteiger partial charge in [0.15, 0.2) is 0 Å². The minimum atomic E-state index is -0.428. The highest BCUT2D eigenvalue weighted by atomic mass is 16.5. The highest BCUT2D eigenvalue weighted by Crippen LogP contribution is 2.21. The molecular formula is C30H51NO4. The van der Waals surface area contributed by atoms with Crippen molar-refractivity contribution in [3.05, 3.63) is 36.5 Å². The molecule has 35 heavy (non-hydrogen) atoms. The Morgan fingerprint density at radius 3 is 1.94 bits per heavy atom. The highest BCUT2D eigenvalue weighted by molar-refractivity contribution is 5.79. The van der Waals surface area contributed by atoms with E-state index in [0.717, 1.165) is 44.9 Å². The van der Waals surface area contributed by atoms with Crippen LogP contribution >= 0.6 is 0 Å². The fourth-order valence-corrected chi connectivity index (χ4v) is 3.45. The van der Waals surface area contributed by atoms with E-state index in [1.165, 1.54) is 32.6 Å². The van der Waals surface area contributed by atoms with Crippen molar-refractivity contribution in [1.29, 1.82) is 0 Å². The molecule has 0 rings (SSSR count). The zero-order valence-corrected chi connectivity index (χ0v) is 22.9. The van der Waals surface area contributed by atoms with Crippen LogP contribution in [0.2, 0.25) is 0 Å². The summed E-state index contributed by atoms with van der Waals surface area (Å²) in [7, 11) is 0. The van der Waals surface area contributed by atoms with Gasteiger partial charge in [0, 0.05) is 31.2 Å². The standard InChI is InChI=1S/C30H51NO4/c1-5-6-7-8-9-10-11-12-13-14-15-16-17-18-19-20-21-22-29(34)35-26-30(3,4)25-28(33)31-24-23-27(2)32/h9-10,12-13,15-16H,5-8,11,14,17-26H2,1-4H3,(H,31,33)/b10-9-,13-12-,16-15-. The molecule has 0 fully saturated rings. The second kappa shape index (κ2) is 22.3. The molecule has 0 saturated heterocycles. The zero-order chi connectivity index (χ0) is 26.2. The number of ketones is 1. The van der Waals surface area contributed by atoms with Crippen LogP contribution < -0.4 is 5.32 Å². The molecule has 0 radical (unpaired) electrons. The van der Waals surface area contributed by atoms with Crippen LogP contribution in [0, 0.1) is 5.41 Å². The summed E-state index contributed by atoms with van der Waals surface area (Å²) in [5, 5.41) is 2.73. The van der Waals surface area contributed by atoms with Crippen LogP contribution in [0.15, 0.2) is 36.5 Å². The molecule has 200 valence electrons. The van der Waals surface area contributed by atoms with Crippen molar-refractivity contribution >= 4 is 17.7 Å². The molecule has 0 aliphatic carbocycles. The van der Waals surface area contributed by atoms with Crippen molar-refractivity contribution in [1.82, 2.24) is 5.32 Å². The molecule has 1 N–H and O–H groups in total. The highest BCUT2D eigenvalue weighted by Gasteiger charge is 2.24. The second-order valence-corrected chi connectivity index (χ2v) is 10.1. The lowest BCUT2D eigenvalue weighted by atomic mass is 9.90. The second-order valence-electron chi connectivity index (χ2n) is 10.1. The molecule has 0 atom stereocenters. The summed E-state index contributed by atoms with van der Waals surface area (Å²) in [6, 6.07) is 0. The third-order valence-electron chi connectivity index (χ3n) is 5.58. The van der Waals surface area contributed by atoms with Gasteiger partial charge in [-0.1, -0.05) is 82.9 Å².